The number of hydrogen-bond donors (Lipinski definition) is 2. The number of nitrogen functional groups attached to an aromatic ring is 1. The Morgan fingerprint density at radius 2 is 1.90 bits per heavy atom. The van der Waals surface area contributed by atoms with Crippen LogP contribution in [0.2, 0.25) is 5.02 Å². The van der Waals surface area contributed by atoms with Crippen molar-refractivity contribution in [3.05, 3.63) is 59.5 Å². The lowest BCUT2D eigenvalue weighted by atomic mass is 10.1. The first-order valence-electron chi connectivity index (χ1n) is 6.01. The minimum absolute atomic E-state index is 0.0720. The molecule has 0 aliphatic heterocycles. The number of rotatable bonds is 2. The van der Waals surface area contributed by atoms with Crippen molar-refractivity contribution in [2.75, 3.05) is 11.1 Å². The zero-order chi connectivity index (χ0) is 14.1. The molecule has 0 aliphatic carbocycles. The Morgan fingerprint density at radius 1 is 1.05 bits per heavy atom. The molecule has 1 heterocycles. The van der Waals surface area contributed by atoms with Gasteiger partial charge < -0.3 is 11.1 Å². The summed E-state index contributed by atoms with van der Waals surface area (Å²) < 4.78 is 13.9. The van der Waals surface area contributed by atoms with Crippen molar-refractivity contribution in [1.29, 1.82) is 0 Å². The monoisotopic (exact) mass is 287 g/mol. The molecule has 20 heavy (non-hydrogen) atoms. The molecule has 100 valence electrons. The molecule has 0 unspecified atom stereocenters. The first-order chi connectivity index (χ1) is 9.66. The number of pyridine rings is 1. The van der Waals surface area contributed by atoms with Crippen LogP contribution in [0.1, 0.15) is 0 Å². The molecule has 0 amide bonds. The van der Waals surface area contributed by atoms with Crippen LogP contribution in [0.5, 0.6) is 0 Å². The van der Waals surface area contributed by atoms with Crippen molar-refractivity contribution in [1.82, 2.24) is 4.98 Å². The molecule has 0 fully saturated rings. The van der Waals surface area contributed by atoms with Crippen molar-refractivity contribution >= 4 is 39.6 Å². The van der Waals surface area contributed by atoms with E-state index in [4.69, 9.17) is 17.3 Å². The Morgan fingerprint density at radius 3 is 2.75 bits per heavy atom. The fraction of sp³-hybridized carbons (Fsp3) is 0. The van der Waals surface area contributed by atoms with Gasteiger partial charge in [0.1, 0.15) is 0 Å². The Kier molecular flexibility index (Phi) is 3.16. The zero-order valence-electron chi connectivity index (χ0n) is 10.4. The molecule has 0 radical (unpaired) electrons. The summed E-state index contributed by atoms with van der Waals surface area (Å²) >= 11 is 5.77. The fourth-order valence-electron chi connectivity index (χ4n) is 2.04. The summed E-state index contributed by atoms with van der Waals surface area (Å²) in [5.41, 5.74) is 8.20. The fourth-order valence-corrected chi connectivity index (χ4v) is 2.22. The lowest BCUT2D eigenvalue weighted by molar-refractivity contribution is 0.632. The number of hydrogen-bond acceptors (Lipinski definition) is 3. The maximum atomic E-state index is 13.9. The van der Waals surface area contributed by atoms with Gasteiger partial charge >= 0.3 is 0 Å². The number of benzene rings is 2. The summed E-state index contributed by atoms with van der Waals surface area (Å²) in [6.07, 6.45) is 1.67. The van der Waals surface area contributed by atoms with E-state index < -0.39 is 5.82 Å². The van der Waals surface area contributed by atoms with E-state index in [-0.39, 0.29) is 5.02 Å². The molecule has 3 N–H and O–H groups in total. The van der Waals surface area contributed by atoms with E-state index in [1.807, 2.05) is 12.1 Å². The molecule has 3 rings (SSSR count). The minimum Gasteiger partial charge on any atom is -0.398 e. The molecule has 5 heteroatoms. The average Bonchev–Trinajstić information content (AvgIpc) is 2.47. The van der Waals surface area contributed by atoms with Crippen LogP contribution in [0.4, 0.5) is 21.5 Å². The van der Waals surface area contributed by atoms with Crippen molar-refractivity contribution in [2.45, 2.75) is 0 Å². The standard InChI is InChI=1S/C15H11ClFN3/c16-10-4-1-5-12(14(10)17)20-13-7-6-11(18)9-3-2-8-19-15(9)13/h1-8,20H,18H2. The van der Waals surface area contributed by atoms with Crippen LogP contribution in [0, 0.1) is 5.82 Å². The Bertz CT molecular complexity index is 789. The molecule has 0 saturated heterocycles. The lowest BCUT2D eigenvalue weighted by Gasteiger charge is -2.11. The highest BCUT2D eigenvalue weighted by molar-refractivity contribution is 6.31. The highest BCUT2D eigenvalue weighted by atomic mass is 35.5. The molecule has 3 aromatic rings. The van der Waals surface area contributed by atoms with Crippen molar-refractivity contribution < 1.29 is 4.39 Å². The van der Waals surface area contributed by atoms with E-state index in [1.165, 1.54) is 6.07 Å². The molecule has 0 atom stereocenters. The second kappa shape index (κ2) is 4.98. The van der Waals surface area contributed by atoms with E-state index in [0.717, 1.165) is 5.39 Å². The highest BCUT2D eigenvalue weighted by Crippen LogP contribution is 2.31. The van der Waals surface area contributed by atoms with Gasteiger partial charge in [0.25, 0.3) is 0 Å². The SMILES string of the molecule is Nc1ccc(Nc2cccc(Cl)c2F)c2ncccc12. The zero-order valence-corrected chi connectivity index (χ0v) is 11.2. The van der Waals surface area contributed by atoms with Gasteiger partial charge in [-0.15, -0.1) is 0 Å². The molecule has 2 aromatic carbocycles. The summed E-state index contributed by atoms with van der Waals surface area (Å²) in [5.74, 6) is -0.491. The molecule has 3 nitrogen and oxygen atoms in total. The first-order valence-corrected chi connectivity index (χ1v) is 6.39. The number of nitrogens with zero attached hydrogens (tertiary/aromatic N) is 1. The van der Waals surface area contributed by atoms with Gasteiger partial charge in [0, 0.05) is 17.3 Å². The van der Waals surface area contributed by atoms with E-state index in [0.29, 0.717) is 22.6 Å². The van der Waals surface area contributed by atoms with Gasteiger partial charge in [-0.1, -0.05) is 17.7 Å². The smallest absolute Gasteiger partial charge is 0.165 e. The Hall–Kier alpha value is -2.33. The highest BCUT2D eigenvalue weighted by Gasteiger charge is 2.09. The summed E-state index contributed by atoms with van der Waals surface area (Å²) in [6, 6.07) is 12.0. The van der Waals surface area contributed by atoms with Gasteiger partial charge in [-0.25, -0.2) is 4.39 Å². The third-order valence-electron chi connectivity index (χ3n) is 3.02. The Balaban J connectivity index is 2.12. The minimum atomic E-state index is -0.491. The molecule has 0 bridgehead atoms. The van der Waals surface area contributed by atoms with E-state index in [9.17, 15) is 4.39 Å². The normalized spacial score (nSPS) is 10.7. The number of halogens is 2. The Labute approximate surface area is 120 Å². The summed E-state index contributed by atoms with van der Waals surface area (Å²) in [4.78, 5) is 4.29. The van der Waals surface area contributed by atoms with Crippen LogP contribution in [0.25, 0.3) is 10.9 Å². The molecule has 0 aliphatic rings. The molecule has 1 aromatic heterocycles. The molecular weight excluding hydrogens is 277 g/mol. The van der Waals surface area contributed by atoms with Crippen LogP contribution < -0.4 is 11.1 Å². The van der Waals surface area contributed by atoms with E-state index >= 15 is 0 Å². The predicted molar refractivity (Wildman–Crippen MR) is 80.8 cm³/mol. The van der Waals surface area contributed by atoms with E-state index in [1.54, 1.807) is 30.5 Å². The van der Waals surface area contributed by atoms with Crippen LogP contribution in [-0.4, -0.2) is 4.98 Å². The maximum absolute atomic E-state index is 13.9. The first kappa shape index (κ1) is 12.7. The van der Waals surface area contributed by atoms with Gasteiger partial charge in [-0.2, -0.15) is 0 Å². The summed E-state index contributed by atoms with van der Waals surface area (Å²) in [7, 11) is 0. The van der Waals surface area contributed by atoms with Crippen LogP contribution in [0.15, 0.2) is 48.7 Å². The van der Waals surface area contributed by atoms with Crippen LogP contribution in [-0.2, 0) is 0 Å². The molecule has 0 saturated carbocycles. The second-order valence-corrected chi connectivity index (χ2v) is 4.74. The van der Waals surface area contributed by atoms with Gasteiger partial charge in [0.15, 0.2) is 5.82 Å². The van der Waals surface area contributed by atoms with Crippen LogP contribution >= 0.6 is 11.6 Å². The molecule has 0 spiro atoms. The summed E-state index contributed by atoms with van der Waals surface area (Å²) in [6.45, 7) is 0. The maximum Gasteiger partial charge on any atom is 0.165 e. The van der Waals surface area contributed by atoms with Crippen molar-refractivity contribution in [3.8, 4) is 0 Å². The van der Waals surface area contributed by atoms with Gasteiger partial charge in [-0.3, -0.25) is 4.98 Å². The second-order valence-electron chi connectivity index (χ2n) is 4.33. The third kappa shape index (κ3) is 2.14. The number of nitrogens with two attached hydrogens (primary N) is 1. The number of anilines is 3. The largest absolute Gasteiger partial charge is 0.398 e. The predicted octanol–water partition coefficient (Wildman–Crippen LogP) is 4.35. The van der Waals surface area contributed by atoms with Gasteiger partial charge in [-0.05, 0) is 36.4 Å². The number of fused-ring (bicyclic) bond motifs is 1. The van der Waals surface area contributed by atoms with Gasteiger partial charge in [0.05, 0.1) is 21.9 Å². The third-order valence-corrected chi connectivity index (χ3v) is 3.32. The van der Waals surface area contributed by atoms with Crippen molar-refractivity contribution in [3.63, 3.8) is 0 Å². The number of aromatic nitrogens is 1. The lowest BCUT2D eigenvalue weighted by Crippen LogP contribution is -1.97. The quantitative estimate of drug-likeness (QED) is 0.689. The van der Waals surface area contributed by atoms with Crippen LogP contribution in [0.3, 0.4) is 0 Å². The van der Waals surface area contributed by atoms with Crippen molar-refractivity contribution in [2.24, 2.45) is 0 Å². The molecular formula is C15H11ClFN3. The summed E-state index contributed by atoms with van der Waals surface area (Å²) in [5, 5.41) is 3.90. The van der Waals surface area contributed by atoms with E-state index in [2.05, 4.69) is 10.3 Å². The topological polar surface area (TPSA) is 50.9 Å². The average molecular weight is 288 g/mol. The number of nitrogens with one attached hydrogen (secondary N) is 1. The van der Waals surface area contributed by atoms with Gasteiger partial charge in [0.2, 0.25) is 0 Å².